The van der Waals surface area contributed by atoms with Crippen LogP contribution in [0.2, 0.25) is 0 Å². The van der Waals surface area contributed by atoms with Crippen molar-refractivity contribution in [2.75, 3.05) is 13.1 Å². The molecule has 2 N–H and O–H groups in total. The standard InChI is InChI=1S/C16H27N3O2.ClH/c1-10(2)15-16(21)17-5-6-19(15)14(20)9-11-7-12-3-4-13(8-11)18-12;/h10-13,15,18H,3-9H2,1-2H3,(H,17,21);1H. The second kappa shape index (κ2) is 7.18. The Morgan fingerprint density at radius 2 is 1.91 bits per heavy atom. The Morgan fingerprint density at radius 1 is 1.27 bits per heavy atom. The first-order chi connectivity index (χ1) is 10.0. The molecule has 126 valence electrons. The summed E-state index contributed by atoms with van der Waals surface area (Å²) in [5.41, 5.74) is 0. The summed E-state index contributed by atoms with van der Waals surface area (Å²) in [4.78, 5) is 26.6. The molecule has 0 aromatic heterocycles. The Hall–Kier alpha value is -0.810. The molecule has 0 spiro atoms. The van der Waals surface area contributed by atoms with Crippen molar-refractivity contribution in [2.45, 2.75) is 64.1 Å². The number of halogens is 1. The van der Waals surface area contributed by atoms with E-state index >= 15 is 0 Å². The van der Waals surface area contributed by atoms with E-state index < -0.39 is 0 Å². The number of nitrogens with one attached hydrogen (secondary N) is 2. The Labute approximate surface area is 139 Å². The van der Waals surface area contributed by atoms with Crippen LogP contribution in [-0.2, 0) is 9.59 Å². The van der Waals surface area contributed by atoms with Crippen molar-refractivity contribution in [3.8, 4) is 0 Å². The summed E-state index contributed by atoms with van der Waals surface area (Å²) in [6.07, 6.45) is 5.38. The van der Waals surface area contributed by atoms with Gasteiger partial charge in [-0.1, -0.05) is 13.8 Å². The van der Waals surface area contributed by atoms with Crippen molar-refractivity contribution in [3.63, 3.8) is 0 Å². The van der Waals surface area contributed by atoms with Gasteiger partial charge in [-0.3, -0.25) is 9.59 Å². The third-order valence-corrected chi connectivity index (χ3v) is 5.24. The van der Waals surface area contributed by atoms with E-state index in [0.29, 0.717) is 37.5 Å². The summed E-state index contributed by atoms with van der Waals surface area (Å²) in [6.45, 7) is 5.28. The third-order valence-electron chi connectivity index (χ3n) is 5.24. The topological polar surface area (TPSA) is 61.4 Å². The number of piperazine rings is 1. The first kappa shape index (κ1) is 17.5. The minimum atomic E-state index is -0.287. The summed E-state index contributed by atoms with van der Waals surface area (Å²) in [5.74, 6) is 0.845. The number of fused-ring (bicyclic) bond motifs is 2. The van der Waals surface area contributed by atoms with Gasteiger partial charge in [-0.25, -0.2) is 0 Å². The molecule has 3 aliphatic heterocycles. The van der Waals surface area contributed by atoms with Gasteiger partial charge in [0.05, 0.1) is 0 Å². The van der Waals surface area contributed by atoms with Crippen LogP contribution in [0.3, 0.4) is 0 Å². The number of nitrogens with zero attached hydrogens (tertiary/aromatic N) is 1. The number of amides is 2. The average Bonchev–Trinajstić information content (AvgIpc) is 2.77. The normalized spacial score (nSPS) is 34.3. The molecule has 3 atom stereocenters. The molecular weight excluding hydrogens is 302 g/mol. The van der Waals surface area contributed by atoms with Crippen LogP contribution in [-0.4, -0.2) is 47.9 Å². The zero-order chi connectivity index (χ0) is 15.0. The Balaban J connectivity index is 0.00000176. The van der Waals surface area contributed by atoms with E-state index in [1.807, 2.05) is 18.7 Å². The van der Waals surface area contributed by atoms with Gasteiger partial charge in [0.1, 0.15) is 6.04 Å². The number of hydrogen-bond donors (Lipinski definition) is 2. The lowest BCUT2D eigenvalue weighted by Crippen LogP contribution is -2.59. The van der Waals surface area contributed by atoms with E-state index in [2.05, 4.69) is 10.6 Å². The minimum Gasteiger partial charge on any atom is -0.353 e. The molecule has 3 aliphatic rings. The number of rotatable bonds is 3. The van der Waals surface area contributed by atoms with Crippen molar-refractivity contribution >= 4 is 24.2 Å². The van der Waals surface area contributed by atoms with E-state index in [4.69, 9.17) is 0 Å². The van der Waals surface area contributed by atoms with E-state index in [1.165, 1.54) is 12.8 Å². The molecule has 0 aromatic rings. The number of piperidine rings is 1. The average molecular weight is 330 g/mol. The van der Waals surface area contributed by atoms with Crippen LogP contribution in [0, 0.1) is 11.8 Å². The SMILES string of the molecule is CC(C)C1C(=O)NCCN1C(=O)CC1CC2CCC(C1)N2.Cl. The van der Waals surface area contributed by atoms with Crippen molar-refractivity contribution in [2.24, 2.45) is 11.8 Å². The predicted octanol–water partition coefficient (Wildman–Crippen LogP) is 1.31. The van der Waals surface area contributed by atoms with Gasteiger partial charge in [-0.05, 0) is 37.5 Å². The zero-order valence-corrected chi connectivity index (χ0v) is 14.3. The first-order valence-electron chi connectivity index (χ1n) is 8.38. The molecule has 22 heavy (non-hydrogen) atoms. The molecule has 6 heteroatoms. The highest BCUT2D eigenvalue weighted by molar-refractivity contribution is 5.89. The summed E-state index contributed by atoms with van der Waals surface area (Å²) >= 11 is 0. The minimum absolute atomic E-state index is 0. The summed E-state index contributed by atoms with van der Waals surface area (Å²) in [5, 5.41) is 6.50. The van der Waals surface area contributed by atoms with Crippen LogP contribution in [0.1, 0.15) is 46.0 Å². The van der Waals surface area contributed by atoms with E-state index in [-0.39, 0.29) is 36.2 Å². The fraction of sp³-hybridized carbons (Fsp3) is 0.875. The molecule has 0 radical (unpaired) electrons. The monoisotopic (exact) mass is 329 g/mol. The summed E-state index contributed by atoms with van der Waals surface area (Å²) in [7, 11) is 0. The molecular formula is C16H28ClN3O2. The Morgan fingerprint density at radius 3 is 2.50 bits per heavy atom. The lowest BCUT2D eigenvalue weighted by Gasteiger charge is -2.38. The predicted molar refractivity (Wildman–Crippen MR) is 87.9 cm³/mol. The molecule has 0 aliphatic carbocycles. The number of carbonyl (C=O) groups excluding carboxylic acids is 2. The van der Waals surface area contributed by atoms with Gasteiger partial charge in [0.15, 0.2) is 0 Å². The molecule has 0 saturated carbocycles. The van der Waals surface area contributed by atoms with Gasteiger partial charge in [0.25, 0.3) is 0 Å². The molecule has 3 unspecified atom stereocenters. The maximum atomic E-state index is 12.7. The van der Waals surface area contributed by atoms with Crippen LogP contribution < -0.4 is 10.6 Å². The van der Waals surface area contributed by atoms with E-state index in [9.17, 15) is 9.59 Å². The molecule has 3 rings (SSSR count). The van der Waals surface area contributed by atoms with Crippen LogP contribution in [0.4, 0.5) is 0 Å². The molecule has 3 fully saturated rings. The van der Waals surface area contributed by atoms with Gasteiger partial charge in [-0.2, -0.15) is 0 Å². The molecule has 0 aromatic carbocycles. The van der Waals surface area contributed by atoms with Crippen LogP contribution in [0.25, 0.3) is 0 Å². The van der Waals surface area contributed by atoms with Crippen molar-refractivity contribution in [3.05, 3.63) is 0 Å². The van der Waals surface area contributed by atoms with Gasteiger partial charge in [-0.15, -0.1) is 12.4 Å². The quantitative estimate of drug-likeness (QED) is 0.820. The fourth-order valence-corrected chi connectivity index (χ4v) is 4.33. The van der Waals surface area contributed by atoms with Gasteiger partial charge >= 0.3 is 0 Å². The molecule has 3 saturated heterocycles. The van der Waals surface area contributed by atoms with Gasteiger partial charge in [0, 0.05) is 31.6 Å². The molecule has 2 amide bonds. The number of carbonyl (C=O) groups is 2. The Kier molecular flexibility index (Phi) is 5.72. The highest BCUT2D eigenvalue weighted by atomic mass is 35.5. The van der Waals surface area contributed by atoms with E-state index in [0.717, 1.165) is 12.8 Å². The lowest BCUT2D eigenvalue weighted by atomic mass is 9.88. The first-order valence-corrected chi connectivity index (χ1v) is 8.38. The van der Waals surface area contributed by atoms with Crippen molar-refractivity contribution in [1.29, 1.82) is 0 Å². The Bertz CT molecular complexity index is 418. The van der Waals surface area contributed by atoms with Gasteiger partial charge in [0.2, 0.25) is 11.8 Å². The van der Waals surface area contributed by atoms with Crippen molar-refractivity contribution < 1.29 is 9.59 Å². The lowest BCUT2D eigenvalue weighted by molar-refractivity contribution is -0.145. The largest absolute Gasteiger partial charge is 0.353 e. The maximum Gasteiger partial charge on any atom is 0.243 e. The maximum absolute atomic E-state index is 12.7. The number of hydrogen-bond acceptors (Lipinski definition) is 3. The summed E-state index contributed by atoms with van der Waals surface area (Å²) in [6, 6.07) is 0.948. The molecule has 2 bridgehead atoms. The summed E-state index contributed by atoms with van der Waals surface area (Å²) < 4.78 is 0. The second-order valence-electron chi connectivity index (χ2n) is 7.25. The highest BCUT2D eigenvalue weighted by Crippen LogP contribution is 2.33. The fourth-order valence-electron chi connectivity index (χ4n) is 4.33. The van der Waals surface area contributed by atoms with E-state index in [1.54, 1.807) is 0 Å². The zero-order valence-electron chi connectivity index (χ0n) is 13.5. The molecule has 5 nitrogen and oxygen atoms in total. The third kappa shape index (κ3) is 3.57. The highest BCUT2D eigenvalue weighted by Gasteiger charge is 2.38. The van der Waals surface area contributed by atoms with Crippen LogP contribution >= 0.6 is 12.4 Å². The molecule has 3 heterocycles. The van der Waals surface area contributed by atoms with Gasteiger partial charge < -0.3 is 15.5 Å². The van der Waals surface area contributed by atoms with Crippen molar-refractivity contribution in [1.82, 2.24) is 15.5 Å². The van der Waals surface area contributed by atoms with Crippen LogP contribution in [0.15, 0.2) is 0 Å². The second-order valence-corrected chi connectivity index (χ2v) is 7.25. The van der Waals surface area contributed by atoms with Crippen LogP contribution in [0.5, 0.6) is 0 Å². The smallest absolute Gasteiger partial charge is 0.243 e.